The molecule has 1 saturated heterocycles. The summed E-state index contributed by atoms with van der Waals surface area (Å²) in [5, 5.41) is 0.744. The third-order valence-corrected chi connectivity index (χ3v) is 5.39. The van der Waals surface area contributed by atoms with Gasteiger partial charge >= 0.3 is 0 Å². The zero-order chi connectivity index (χ0) is 19.5. The maximum atomic E-state index is 6.02. The number of aliphatic imine (C=N–C) groups is 1. The van der Waals surface area contributed by atoms with E-state index < -0.39 is 0 Å². The Bertz CT molecular complexity index is 968. The van der Waals surface area contributed by atoms with Gasteiger partial charge < -0.3 is 14.2 Å². The summed E-state index contributed by atoms with van der Waals surface area (Å²) in [4.78, 5) is 7.03. The van der Waals surface area contributed by atoms with Crippen LogP contribution in [0.4, 0.5) is 11.4 Å². The first-order valence-corrected chi connectivity index (χ1v) is 9.91. The molecule has 0 amide bonds. The normalized spacial score (nSPS) is 14.8. The second-order valence-corrected chi connectivity index (χ2v) is 7.45. The lowest BCUT2D eigenvalue weighted by Crippen LogP contribution is -2.36. The Kier molecular flexibility index (Phi) is 5.51. The van der Waals surface area contributed by atoms with Crippen LogP contribution in [0.15, 0.2) is 59.6 Å². The molecule has 5 heteroatoms. The van der Waals surface area contributed by atoms with Crippen molar-refractivity contribution in [2.75, 3.05) is 31.2 Å². The SMILES string of the molecule is Cc1cc(C=Nc2ccc(N3CCOCC3)cc2)c(C)n1-c1ccc(Cl)cc1. The monoisotopic (exact) mass is 393 g/mol. The summed E-state index contributed by atoms with van der Waals surface area (Å²) in [5.41, 5.74) is 6.73. The van der Waals surface area contributed by atoms with Crippen LogP contribution in [0, 0.1) is 13.8 Å². The van der Waals surface area contributed by atoms with Gasteiger partial charge in [-0.05, 0) is 68.4 Å². The molecule has 4 nitrogen and oxygen atoms in total. The molecule has 144 valence electrons. The van der Waals surface area contributed by atoms with Crippen molar-refractivity contribution in [3.05, 3.63) is 76.6 Å². The van der Waals surface area contributed by atoms with Crippen molar-refractivity contribution in [3.63, 3.8) is 0 Å². The molecule has 0 bridgehead atoms. The van der Waals surface area contributed by atoms with Crippen LogP contribution in [-0.4, -0.2) is 37.1 Å². The quantitative estimate of drug-likeness (QED) is 0.560. The highest BCUT2D eigenvalue weighted by Gasteiger charge is 2.11. The Morgan fingerprint density at radius 3 is 2.25 bits per heavy atom. The van der Waals surface area contributed by atoms with E-state index in [1.165, 1.54) is 11.4 Å². The molecule has 0 radical (unpaired) electrons. The fraction of sp³-hybridized carbons (Fsp3) is 0.261. The lowest BCUT2D eigenvalue weighted by atomic mass is 10.2. The molecule has 2 heterocycles. The van der Waals surface area contributed by atoms with Crippen LogP contribution in [-0.2, 0) is 4.74 Å². The predicted octanol–water partition coefficient (Wildman–Crippen LogP) is 5.33. The van der Waals surface area contributed by atoms with Gasteiger partial charge in [0, 0.05) is 52.7 Å². The third kappa shape index (κ3) is 3.98. The Balaban J connectivity index is 1.53. The number of rotatable bonds is 4. The number of hydrogen-bond acceptors (Lipinski definition) is 3. The van der Waals surface area contributed by atoms with E-state index in [9.17, 15) is 0 Å². The van der Waals surface area contributed by atoms with Crippen molar-refractivity contribution in [3.8, 4) is 5.69 Å². The molecule has 3 aromatic rings. The molecule has 1 fully saturated rings. The third-order valence-electron chi connectivity index (χ3n) is 5.13. The lowest BCUT2D eigenvalue weighted by Gasteiger charge is -2.28. The van der Waals surface area contributed by atoms with E-state index in [2.05, 4.69) is 58.6 Å². The minimum atomic E-state index is 0.744. The van der Waals surface area contributed by atoms with Crippen LogP contribution in [0.25, 0.3) is 5.69 Å². The molecule has 0 N–H and O–H groups in total. The molecular weight excluding hydrogens is 370 g/mol. The van der Waals surface area contributed by atoms with Gasteiger partial charge in [0.05, 0.1) is 18.9 Å². The highest BCUT2D eigenvalue weighted by atomic mass is 35.5. The maximum Gasteiger partial charge on any atom is 0.0642 e. The number of halogens is 1. The van der Waals surface area contributed by atoms with Crippen molar-refractivity contribution in [2.24, 2.45) is 4.99 Å². The van der Waals surface area contributed by atoms with Crippen LogP contribution in [0.5, 0.6) is 0 Å². The smallest absolute Gasteiger partial charge is 0.0642 e. The van der Waals surface area contributed by atoms with Crippen LogP contribution >= 0.6 is 11.6 Å². The van der Waals surface area contributed by atoms with Crippen molar-refractivity contribution < 1.29 is 4.74 Å². The number of morpholine rings is 1. The lowest BCUT2D eigenvalue weighted by molar-refractivity contribution is 0.122. The van der Waals surface area contributed by atoms with E-state index >= 15 is 0 Å². The molecule has 0 saturated carbocycles. The standard InChI is InChI=1S/C23H24ClN3O/c1-17-15-19(18(2)27(17)23-7-3-20(24)4-8-23)16-25-21-5-9-22(10-6-21)26-11-13-28-14-12-26/h3-10,15-16H,11-14H2,1-2H3. The van der Waals surface area contributed by atoms with Crippen molar-refractivity contribution >= 4 is 29.2 Å². The molecule has 0 unspecified atom stereocenters. The van der Waals surface area contributed by atoms with Gasteiger partial charge in [0.1, 0.15) is 0 Å². The summed E-state index contributed by atoms with van der Waals surface area (Å²) in [6, 6.07) is 18.5. The van der Waals surface area contributed by atoms with Crippen LogP contribution < -0.4 is 4.90 Å². The Morgan fingerprint density at radius 1 is 0.929 bits per heavy atom. The van der Waals surface area contributed by atoms with Gasteiger partial charge in [-0.3, -0.25) is 4.99 Å². The fourth-order valence-electron chi connectivity index (χ4n) is 3.62. The molecule has 1 aliphatic rings. The number of nitrogens with zero attached hydrogens (tertiary/aromatic N) is 3. The average molecular weight is 394 g/mol. The number of aromatic nitrogens is 1. The fourth-order valence-corrected chi connectivity index (χ4v) is 3.75. The highest BCUT2D eigenvalue weighted by Crippen LogP contribution is 2.23. The molecule has 0 aliphatic carbocycles. The van der Waals surface area contributed by atoms with Crippen LogP contribution in [0.3, 0.4) is 0 Å². The van der Waals surface area contributed by atoms with Crippen LogP contribution in [0.2, 0.25) is 5.02 Å². The zero-order valence-corrected chi connectivity index (χ0v) is 17.0. The maximum absolute atomic E-state index is 6.02. The molecule has 0 spiro atoms. The van der Waals surface area contributed by atoms with Crippen LogP contribution in [0.1, 0.15) is 17.0 Å². The molecule has 1 aromatic heterocycles. The minimum Gasteiger partial charge on any atom is -0.378 e. The summed E-state index contributed by atoms with van der Waals surface area (Å²) in [6.07, 6.45) is 1.94. The second-order valence-electron chi connectivity index (χ2n) is 7.01. The van der Waals surface area contributed by atoms with E-state index in [0.29, 0.717) is 0 Å². The predicted molar refractivity (Wildman–Crippen MR) is 117 cm³/mol. The molecular formula is C23H24ClN3O. The topological polar surface area (TPSA) is 29.8 Å². The Morgan fingerprint density at radius 2 is 1.57 bits per heavy atom. The summed E-state index contributed by atoms with van der Waals surface area (Å²) < 4.78 is 7.64. The molecule has 4 rings (SSSR count). The van der Waals surface area contributed by atoms with E-state index in [4.69, 9.17) is 16.3 Å². The summed E-state index contributed by atoms with van der Waals surface area (Å²) in [7, 11) is 0. The molecule has 2 aromatic carbocycles. The Labute approximate surface area is 171 Å². The van der Waals surface area contributed by atoms with Gasteiger partial charge in [0.25, 0.3) is 0 Å². The second kappa shape index (κ2) is 8.21. The number of anilines is 1. The van der Waals surface area contributed by atoms with Crippen molar-refractivity contribution in [2.45, 2.75) is 13.8 Å². The number of hydrogen-bond donors (Lipinski definition) is 0. The largest absolute Gasteiger partial charge is 0.378 e. The Hall–Kier alpha value is -2.56. The first-order valence-electron chi connectivity index (χ1n) is 9.53. The molecule has 0 atom stereocenters. The first kappa shape index (κ1) is 18.8. The van der Waals surface area contributed by atoms with E-state index in [-0.39, 0.29) is 0 Å². The van der Waals surface area contributed by atoms with Gasteiger partial charge in [0.2, 0.25) is 0 Å². The summed E-state index contributed by atoms with van der Waals surface area (Å²) in [5.74, 6) is 0. The van der Waals surface area contributed by atoms with Gasteiger partial charge in [-0.25, -0.2) is 0 Å². The number of aryl methyl sites for hydroxylation is 1. The summed E-state index contributed by atoms with van der Waals surface area (Å²) in [6.45, 7) is 7.70. The van der Waals surface area contributed by atoms with Gasteiger partial charge in [-0.1, -0.05) is 11.6 Å². The minimum absolute atomic E-state index is 0.744. The van der Waals surface area contributed by atoms with Crippen molar-refractivity contribution in [1.29, 1.82) is 0 Å². The highest BCUT2D eigenvalue weighted by molar-refractivity contribution is 6.30. The van der Waals surface area contributed by atoms with Crippen molar-refractivity contribution in [1.82, 2.24) is 4.57 Å². The first-order chi connectivity index (χ1) is 13.6. The van der Waals surface area contributed by atoms with E-state index in [0.717, 1.165) is 54.0 Å². The van der Waals surface area contributed by atoms with Gasteiger partial charge in [-0.15, -0.1) is 0 Å². The van der Waals surface area contributed by atoms with Gasteiger partial charge in [-0.2, -0.15) is 0 Å². The average Bonchev–Trinajstić information content (AvgIpc) is 3.01. The number of benzene rings is 2. The molecule has 1 aliphatic heterocycles. The van der Waals surface area contributed by atoms with E-state index in [1.54, 1.807) is 0 Å². The van der Waals surface area contributed by atoms with Gasteiger partial charge in [0.15, 0.2) is 0 Å². The zero-order valence-electron chi connectivity index (χ0n) is 16.2. The van der Waals surface area contributed by atoms with E-state index in [1.807, 2.05) is 30.5 Å². The summed E-state index contributed by atoms with van der Waals surface area (Å²) >= 11 is 6.02. The molecule has 28 heavy (non-hydrogen) atoms. The number of ether oxygens (including phenoxy) is 1.